The molecular weight excluding hydrogens is 2420 g/mol. The van der Waals surface area contributed by atoms with Crippen LogP contribution in [-0.2, 0) is 84.3 Å². The molecule has 0 radical (unpaired) electrons. The van der Waals surface area contributed by atoms with E-state index in [0.29, 0.717) is 23.3 Å². The first-order valence-corrected chi connectivity index (χ1v) is 43.6. The van der Waals surface area contributed by atoms with Crippen molar-refractivity contribution in [2.75, 3.05) is 19.6 Å². The zero-order valence-corrected chi connectivity index (χ0v) is 81.4. The summed E-state index contributed by atoms with van der Waals surface area (Å²) in [5.41, 5.74) is 21.9. The number of thiazole rings is 2. The van der Waals surface area contributed by atoms with Gasteiger partial charge < -0.3 is 34.8 Å². The molecule has 3 aliphatic rings. The van der Waals surface area contributed by atoms with Crippen molar-refractivity contribution in [3.05, 3.63) is 494 Å². The molecule has 12 aromatic carbocycles. The van der Waals surface area contributed by atoms with Crippen LogP contribution in [-0.4, -0.2) is 39.9 Å². The average Bonchev–Trinajstić information content (AvgIpc) is 1.65. The Bertz CT molecular complexity index is 6890. The van der Waals surface area contributed by atoms with Crippen molar-refractivity contribution in [2.45, 2.75) is 0 Å². The van der Waals surface area contributed by atoms with Crippen LogP contribution >= 0.6 is 22.7 Å². The molecule has 0 atom stereocenters. The molecule has 0 amide bonds. The van der Waals surface area contributed by atoms with E-state index in [1.165, 1.54) is 0 Å². The van der Waals surface area contributed by atoms with Crippen LogP contribution in [0.3, 0.4) is 0 Å². The van der Waals surface area contributed by atoms with Crippen molar-refractivity contribution in [3.8, 4) is 101 Å². The molecule has 0 spiro atoms. The van der Waals surface area contributed by atoms with Crippen LogP contribution in [0.2, 0.25) is 0 Å². The van der Waals surface area contributed by atoms with Gasteiger partial charge in [-0.1, -0.05) is 230 Å². The molecule has 0 fully saturated rings. The third-order valence-corrected chi connectivity index (χ3v) is 22.4. The van der Waals surface area contributed by atoms with Gasteiger partial charge in [-0.15, -0.1) is 179 Å². The summed E-state index contributed by atoms with van der Waals surface area (Å²) in [5, 5.41) is 15.8. The van der Waals surface area contributed by atoms with Gasteiger partial charge in [0.15, 0.2) is 0 Å². The number of benzene rings is 12. The number of nitrogens with zero attached hydrogens (tertiary/aromatic N) is 14. The molecule has 0 saturated heterocycles. The maximum Gasteiger partial charge on any atom is 2.00 e. The molecule has 22 heteroatoms. The second-order valence-corrected chi connectivity index (χ2v) is 31.2. The number of hydrogen-bond donors (Lipinski definition) is 0. The van der Waals surface area contributed by atoms with Gasteiger partial charge >= 0.3 is 84.3 Å². The second kappa shape index (κ2) is 44.6. The summed E-state index contributed by atoms with van der Waals surface area (Å²) in [6, 6.07) is 152. The van der Waals surface area contributed by atoms with E-state index in [9.17, 15) is 0 Å². The summed E-state index contributed by atoms with van der Waals surface area (Å²) < 4.78 is 11.8. The quantitative estimate of drug-likeness (QED) is 0.0891. The maximum absolute atomic E-state index is 5.95. The minimum Gasteiger partial charge on any atom is -0.497 e. The number of rotatable bonds is 15. The Hall–Kier alpha value is -14.6. The summed E-state index contributed by atoms with van der Waals surface area (Å²) in [5.74, 6) is 5.37. The fraction of sp³-hybridized carbons (Fsp3) is 0. The molecule has 0 unspecified atom stereocenters. The molecule has 23 rings (SSSR count). The van der Waals surface area contributed by atoms with Crippen LogP contribution < -0.4 is 29.1 Å². The van der Waals surface area contributed by atoms with Crippen LogP contribution in [0.5, 0.6) is 23.3 Å². The van der Waals surface area contributed by atoms with Crippen LogP contribution in [0.4, 0.5) is 68.5 Å². The molecule has 11 heterocycles. The van der Waals surface area contributed by atoms with Crippen molar-refractivity contribution in [1.82, 2.24) is 39.9 Å². The number of fused-ring (bicyclic) bond motifs is 12. The monoisotopic (exact) mass is 2490 g/mol. The Morgan fingerprint density at radius 1 is 0.291 bits per heavy atom. The summed E-state index contributed by atoms with van der Waals surface area (Å²) in [7, 11) is 0. The van der Waals surface area contributed by atoms with Gasteiger partial charge in [-0.3, -0.25) is 34.8 Å². The van der Waals surface area contributed by atoms with E-state index in [4.69, 9.17) is 40.0 Å². The number of hydrogen-bond acceptors (Lipinski definition) is 16. The van der Waals surface area contributed by atoms with Gasteiger partial charge in [0.1, 0.15) is 11.6 Å². The van der Waals surface area contributed by atoms with Gasteiger partial charge in [-0.2, -0.15) is 22.7 Å². The van der Waals surface area contributed by atoms with E-state index in [2.05, 4.69) is 149 Å². The molecule has 134 heavy (non-hydrogen) atoms. The standard InChI is InChI=1S/C38H26N6.C28H19N3.C24H15N3S2.C22H12N2O2.4Pt/c1-3-15-29(16-4-1)43-35-23-9-7-19-33(35)41-37(43)25-27-13-11-21-31(39-27)32-22-12-14-28(40-32)26-38-42-34-20-8-10-24-36(34)44(38)30-17-5-2-6-18-30;1-4-12-22(13-5-1)25-18-10-20-27(29-25)31(24-16-8-3-9-17-24)28-21-11-19-26(30-28)23-14-6-2-7-15-23;1-2-8-20(9-3-1)27(21-10-4-6-18(16-21)23-25-12-14-28-23)22-11-5-7-19(17-22)24-26-13-15-29-24;1-5-15-13-17(7-1)25-18-8-2-6-16(14-18)20-10-4-12-22(24-20)26-21-11-3-9-19(15)23-21;;;;/h1-26H;1-12,14,16-21H;1-15H;1-12H;;;;/q4*-2;4*+2. The van der Waals surface area contributed by atoms with Gasteiger partial charge in [0.25, 0.3) is 0 Å². The molecule has 20 aromatic rings. The van der Waals surface area contributed by atoms with Crippen molar-refractivity contribution in [3.63, 3.8) is 0 Å². The number of para-hydroxylation sites is 8. The molecular formula is C112H72N14O2Pt4S2. The van der Waals surface area contributed by atoms with E-state index >= 15 is 0 Å². The number of anilines is 10. The van der Waals surface area contributed by atoms with Crippen LogP contribution in [0.25, 0.3) is 100 Å². The Morgan fingerprint density at radius 3 is 1.09 bits per heavy atom. The third-order valence-electron chi connectivity index (χ3n) is 20.8. The number of pyridine rings is 6. The SMILES string of the molecule is C(=C1[N-]c2ccccc2N1c1ccccc1)c1cccc(-c2cccc(C=C3[N-]c4ccccc4N3c3ccccc3)n2)n1.[Pt+2].[Pt+2].[Pt+2].[Pt+2].[c-]1c(-c2nccs2)cccc1N(c1[c-]c(-c2nccs2)ccc1)c1ccccc1.[c-]1c2cccc1-c1cccc(n1)Oc1cccc(n1)-c1[c-]c(ccc1)O2.[c-]1ccccc1-c1cccc(N(c2ccccc2)c2cccc(-c3[c-]cccc3)n2)n1. The van der Waals surface area contributed by atoms with Gasteiger partial charge in [0, 0.05) is 56.0 Å². The predicted octanol–water partition coefficient (Wildman–Crippen LogP) is 29.6. The summed E-state index contributed by atoms with van der Waals surface area (Å²) in [6.45, 7) is 0. The van der Waals surface area contributed by atoms with Crippen molar-refractivity contribution >= 4 is 103 Å². The van der Waals surface area contributed by atoms with E-state index in [0.717, 1.165) is 169 Å². The van der Waals surface area contributed by atoms with Crippen molar-refractivity contribution in [2.24, 2.45) is 0 Å². The normalized spacial score (nSPS) is 12.0. The number of aromatic nitrogens is 8. The Balaban J connectivity index is 0.000000131. The van der Waals surface area contributed by atoms with Crippen LogP contribution in [0, 0.1) is 36.4 Å². The second-order valence-electron chi connectivity index (χ2n) is 29.5. The van der Waals surface area contributed by atoms with Crippen molar-refractivity contribution in [1.29, 1.82) is 0 Å². The molecule has 8 bridgehead atoms. The fourth-order valence-corrected chi connectivity index (χ4v) is 16.2. The summed E-state index contributed by atoms with van der Waals surface area (Å²) >= 11 is 3.23. The fourth-order valence-electron chi connectivity index (χ4n) is 15.0. The first-order chi connectivity index (χ1) is 64.4. The Kier molecular flexibility index (Phi) is 30.8. The molecule has 8 aromatic heterocycles. The Morgan fingerprint density at radius 2 is 0.657 bits per heavy atom. The molecule has 0 saturated carbocycles. The van der Waals surface area contributed by atoms with Crippen LogP contribution in [0.15, 0.2) is 435 Å². The Labute approximate surface area is 843 Å². The molecule has 654 valence electrons. The predicted molar refractivity (Wildman–Crippen MR) is 523 cm³/mol. The first-order valence-electron chi connectivity index (χ1n) is 41.9. The topological polar surface area (TPSA) is 163 Å². The maximum atomic E-state index is 5.95. The zero-order valence-electron chi connectivity index (χ0n) is 70.7. The number of ether oxygens (including phenoxy) is 2. The molecule has 3 aliphatic heterocycles. The van der Waals surface area contributed by atoms with E-state index in [1.54, 1.807) is 34.8 Å². The van der Waals surface area contributed by atoms with Gasteiger partial charge in [-0.05, 0) is 153 Å². The first kappa shape index (κ1) is 92.7. The largest absolute Gasteiger partial charge is 2.00 e. The van der Waals surface area contributed by atoms with Gasteiger partial charge in [0.2, 0.25) is 11.8 Å². The zero-order chi connectivity index (χ0) is 87.0. The third kappa shape index (κ3) is 21.9. The van der Waals surface area contributed by atoms with E-state index in [1.807, 2.05) is 351 Å². The minimum absolute atomic E-state index is 0. The van der Waals surface area contributed by atoms with Gasteiger partial charge in [0.05, 0.1) is 22.8 Å². The summed E-state index contributed by atoms with van der Waals surface area (Å²) in [4.78, 5) is 46.4. The van der Waals surface area contributed by atoms with E-state index < -0.39 is 0 Å². The molecule has 0 N–H and O–H groups in total. The minimum atomic E-state index is 0. The van der Waals surface area contributed by atoms with Gasteiger partial charge in [-0.25, -0.2) is 9.97 Å². The molecule has 16 nitrogen and oxygen atoms in total. The van der Waals surface area contributed by atoms with Crippen LogP contribution in [0.1, 0.15) is 11.4 Å². The van der Waals surface area contributed by atoms with Crippen molar-refractivity contribution < 1.29 is 93.7 Å². The smallest absolute Gasteiger partial charge is 0.497 e. The molecule has 0 aliphatic carbocycles. The van der Waals surface area contributed by atoms with E-state index in [-0.39, 0.29) is 84.3 Å². The average molecular weight is 2490 g/mol. The summed E-state index contributed by atoms with van der Waals surface area (Å²) in [6.07, 6.45) is 7.69.